The van der Waals surface area contributed by atoms with Gasteiger partial charge in [0.05, 0.1) is 6.54 Å². The van der Waals surface area contributed by atoms with Crippen molar-refractivity contribution in [2.24, 2.45) is 0 Å². The summed E-state index contributed by atoms with van der Waals surface area (Å²) < 4.78 is 0. The molecular weight excluding hydrogens is 216 g/mol. The number of carbonyl (C=O) groups is 2. The summed E-state index contributed by atoms with van der Waals surface area (Å²) in [5.74, 6) is 0.0756. The second-order valence-corrected chi connectivity index (χ2v) is 4.23. The molecule has 0 saturated heterocycles. The molecule has 17 heavy (non-hydrogen) atoms. The lowest BCUT2D eigenvalue weighted by atomic mass is 9.90. The molecule has 0 spiro atoms. The molecule has 1 aliphatic rings. The number of carbonyl (C=O) groups excluding carboxylic acids is 2. The highest BCUT2D eigenvalue weighted by molar-refractivity contribution is 6.00. The summed E-state index contributed by atoms with van der Waals surface area (Å²) in [5, 5.41) is 5.54. The van der Waals surface area contributed by atoms with Gasteiger partial charge in [-0.15, -0.1) is 0 Å². The minimum atomic E-state index is -0.101. The first kappa shape index (κ1) is 11.8. The van der Waals surface area contributed by atoms with Gasteiger partial charge < -0.3 is 10.6 Å². The summed E-state index contributed by atoms with van der Waals surface area (Å²) >= 11 is 0. The van der Waals surface area contributed by atoms with Gasteiger partial charge in [-0.05, 0) is 37.6 Å². The maximum Gasteiger partial charge on any atom is 0.238 e. The first-order valence-electron chi connectivity index (χ1n) is 5.81. The average molecular weight is 232 g/mol. The van der Waals surface area contributed by atoms with Gasteiger partial charge in [0, 0.05) is 17.7 Å². The molecule has 0 atom stereocenters. The number of hydrogen-bond acceptors (Lipinski definition) is 3. The molecule has 1 aromatic rings. The Bertz CT molecular complexity index is 455. The van der Waals surface area contributed by atoms with Crippen molar-refractivity contribution in [2.45, 2.75) is 19.3 Å². The van der Waals surface area contributed by atoms with Crippen molar-refractivity contribution in [1.29, 1.82) is 0 Å². The third kappa shape index (κ3) is 2.71. The van der Waals surface area contributed by atoms with Gasteiger partial charge in [-0.25, -0.2) is 0 Å². The number of aryl methyl sites for hydroxylation is 1. The Kier molecular flexibility index (Phi) is 3.54. The van der Waals surface area contributed by atoms with Crippen LogP contribution in [0.4, 0.5) is 5.69 Å². The zero-order valence-electron chi connectivity index (χ0n) is 9.88. The largest absolute Gasteiger partial charge is 0.325 e. The Labute approximate surface area is 100 Å². The minimum absolute atomic E-state index is 0.101. The number of nitrogens with one attached hydrogen (secondary N) is 2. The van der Waals surface area contributed by atoms with Crippen LogP contribution in [0.1, 0.15) is 28.8 Å². The molecule has 4 heteroatoms. The maximum absolute atomic E-state index is 11.7. The fourth-order valence-electron chi connectivity index (χ4n) is 2.07. The van der Waals surface area contributed by atoms with E-state index in [2.05, 4.69) is 10.6 Å². The SMILES string of the molecule is CNCC(=O)Nc1ccc2c(c1)C(=O)CCC2. The monoisotopic (exact) mass is 232 g/mol. The van der Waals surface area contributed by atoms with E-state index in [9.17, 15) is 9.59 Å². The van der Waals surface area contributed by atoms with E-state index in [1.807, 2.05) is 12.1 Å². The molecule has 2 N–H and O–H groups in total. The van der Waals surface area contributed by atoms with Gasteiger partial charge in [-0.3, -0.25) is 9.59 Å². The normalized spacial score (nSPS) is 14.3. The first-order valence-corrected chi connectivity index (χ1v) is 5.81. The highest BCUT2D eigenvalue weighted by Gasteiger charge is 2.17. The van der Waals surface area contributed by atoms with Gasteiger partial charge in [-0.1, -0.05) is 6.07 Å². The number of fused-ring (bicyclic) bond motifs is 1. The van der Waals surface area contributed by atoms with Crippen LogP contribution in [0.25, 0.3) is 0 Å². The van der Waals surface area contributed by atoms with E-state index in [4.69, 9.17) is 0 Å². The molecule has 0 bridgehead atoms. The highest BCUT2D eigenvalue weighted by Crippen LogP contribution is 2.24. The molecule has 4 nitrogen and oxygen atoms in total. The smallest absolute Gasteiger partial charge is 0.238 e. The topological polar surface area (TPSA) is 58.2 Å². The van der Waals surface area contributed by atoms with E-state index in [0.29, 0.717) is 12.1 Å². The van der Waals surface area contributed by atoms with Crippen molar-refractivity contribution >= 4 is 17.4 Å². The van der Waals surface area contributed by atoms with Crippen LogP contribution in [-0.2, 0) is 11.2 Å². The standard InChI is InChI=1S/C13H16N2O2/c1-14-8-13(17)15-10-6-5-9-3-2-4-12(16)11(9)7-10/h5-7,14H,2-4,8H2,1H3,(H,15,17). The Morgan fingerprint density at radius 2 is 2.18 bits per heavy atom. The van der Waals surface area contributed by atoms with Gasteiger partial charge >= 0.3 is 0 Å². The summed E-state index contributed by atoms with van der Waals surface area (Å²) in [4.78, 5) is 23.1. The van der Waals surface area contributed by atoms with Crippen LogP contribution >= 0.6 is 0 Å². The number of anilines is 1. The van der Waals surface area contributed by atoms with Crippen LogP contribution in [0.2, 0.25) is 0 Å². The summed E-state index contributed by atoms with van der Waals surface area (Å²) in [6.45, 7) is 0.269. The second-order valence-electron chi connectivity index (χ2n) is 4.23. The van der Waals surface area contributed by atoms with Crippen molar-refractivity contribution in [2.75, 3.05) is 18.9 Å². The van der Waals surface area contributed by atoms with Gasteiger partial charge in [0.2, 0.25) is 5.91 Å². The molecule has 0 radical (unpaired) electrons. The molecule has 0 saturated carbocycles. The predicted molar refractivity (Wildman–Crippen MR) is 66.3 cm³/mol. The fourth-order valence-corrected chi connectivity index (χ4v) is 2.07. The Hall–Kier alpha value is -1.68. The quantitative estimate of drug-likeness (QED) is 0.827. The molecule has 0 heterocycles. The van der Waals surface area contributed by atoms with Gasteiger partial charge in [-0.2, -0.15) is 0 Å². The van der Waals surface area contributed by atoms with Gasteiger partial charge in [0.15, 0.2) is 5.78 Å². The van der Waals surface area contributed by atoms with E-state index >= 15 is 0 Å². The van der Waals surface area contributed by atoms with Crippen LogP contribution in [0.15, 0.2) is 18.2 Å². The van der Waals surface area contributed by atoms with Crippen molar-refractivity contribution in [1.82, 2.24) is 5.32 Å². The number of benzene rings is 1. The zero-order valence-corrected chi connectivity index (χ0v) is 9.88. The molecule has 90 valence electrons. The molecular formula is C13H16N2O2. The van der Waals surface area contributed by atoms with Crippen molar-refractivity contribution in [3.63, 3.8) is 0 Å². The zero-order chi connectivity index (χ0) is 12.3. The summed E-state index contributed by atoms with van der Waals surface area (Å²) in [6.07, 6.45) is 2.49. The van der Waals surface area contributed by atoms with E-state index < -0.39 is 0 Å². The lowest BCUT2D eigenvalue weighted by Gasteiger charge is -2.15. The number of rotatable bonds is 3. The molecule has 0 aliphatic heterocycles. The van der Waals surface area contributed by atoms with Crippen molar-refractivity contribution < 1.29 is 9.59 Å². The van der Waals surface area contributed by atoms with Gasteiger partial charge in [0.1, 0.15) is 0 Å². The molecule has 0 unspecified atom stereocenters. The number of amides is 1. The first-order chi connectivity index (χ1) is 8.20. The number of likely N-dealkylation sites (N-methyl/N-ethyl adjacent to an activating group) is 1. The number of ketones is 1. The van der Waals surface area contributed by atoms with E-state index in [1.165, 1.54) is 0 Å². The summed E-state index contributed by atoms with van der Waals surface area (Å²) in [5.41, 5.74) is 2.55. The third-order valence-electron chi connectivity index (χ3n) is 2.88. The second kappa shape index (κ2) is 5.10. The average Bonchev–Trinajstić information content (AvgIpc) is 2.30. The molecule has 1 aromatic carbocycles. The number of hydrogen-bond donors (Lipinski definition) is 2. The lowest BCUT2D eigenvalue weighted by molar-refractivity contribution is -0.115. The van der Waals surface area contributed by atoms with Crippen LogP contribution < -0.4 is 10.6 Å². The lowest BCUT2D eigenvalue weighted by Crippen LogP contribution is -2.25. The Balaban J connectivity index is 2.18. The minimum Gasteiger partial charge on any atom is -0.325 e. The molecule has 0 fully saturated rings. The summed E-state index contributed by atoms with van der Waals surface area (Å²) in [6, 6.07) is 5.57. The van der Waals surface area contributed by atoms with E-state index in [0.717, 1.165) is 24.0 Å². The van der Waals surface area contributed by atoms with Gasteiger partial charge in [0.25, 0.3) is 0 Å². The number of Topliss-reactive ketones (excluding diaryl/α,β-unsaturated/α-hetero) is 1. The van der Waals surface area contributed by atoms with Crippen LogP contribution in [0, 0.1) is 0 Å². The predicted octanol–water partition coefficient (Wildman–Crippen LogP) is 1.36. The molecule has 0 aromatic heterocycles. The third-order valence-corrected chi connectivity index (χ3v) is 2.88. The Morgan fingerprint density at radius 1 is 1.35 bits per heavy atom. The highest BCUT2D eigenvalue weighted by atomic mass is 16.2. The van der Waals surface area contributed by atoms with E-state index in [1.54, 1.807) is 13.1 Å². The van der Waals surface area contributed by atoms with Crippen molar-refractivity contribution in [3.8, 4) is 0 Å². The Morgan fingerprint density at radius 3 is 2.94 bits per heavy atom. The van der Waals surface area contributed by atoms with Crippen LogP contribution in [0.3, 0.4) is 0 Å². The van der Waals surface area contributed by atoms with Crippen LogP contribution in [-0.4, -0.2) is 25.3 Å². The molecule has 1 amide bonds. The molecule has 2 rings (SSSR count). The van der Waals surface area contributed by atoms with Crippen molar-refractivity contribution in [3.05, 3.63) is 29.3 Å². The summed E-state index contributed by atoms with van der Waals surface area (Å²) in [7, 11) is 1.72. The van der Waals surface area contributed by atoms with Crippen LogP contribution in [0.5, 0.6) is 0 Å². The van der Waals surface area contributed by atoms with E-state index in [-0.39, 0.29) is 18.2 Å². The molecule has 1 aliphatic carbocycles. The fraction of sp³-hybridized carbons (Fsp3) is 0.385. The maximum atomic E-state index is 11.7.